The summed E-state index contributed by atoms with van der Waals surface area (Å²) in [6.45, 7) is 0.434. The van der Waals surface area contributed by atoms with E-state index in [2.05, 4.69) is 39.0 Å². The van der Waals surface area contributed by atoms with Gasteiger partial charge in [0.1, 0.15) is 0 Å². The fourth-order valence-corrected chi connectivity index (χ4v) is 6.30. The van der Waals surface area contributed by atoms with Crippen LogP contribution in [0.15, 0.2) is 78.0 Å². The Bertz CT molecular complexity index is 1600. The van der Waals surface area contributed by atoms with E-state index < -0.39 is 12.3 Å². The predicted octanol–water partition coefficient (Wildman–Crippen LogP) is 5.75. The van der Waals surface area contributed by atoms with Crippen molar-refractivity contribution in [3.63, 3.8) is 0 Å². The van der Waals surface area contributed by atoms with Crippen LogP contribution in [-0.2, 0) is 39.3 Å². The van der Waals surface area contributed by atoms with Gasteiger partial charge >= 0.3 is 5.97 Å². The number of aryl methyl sites for hydroxylation is 1. The van der Waals surface area contributed by atoms with Gasteiger partial charge < -0.3 is 25.0 Å². The standard InChI is InChI=1S/C35H41N5O6S/c1-40-35(37-38-39-40)47-23-30-20-31(27-13-11-24(22-41)12-14-27)46-34(45-30)28-17-15-26(16-18-28)29-8-6-7-25(19-29)21-36-32(42)9-4-2-3-5-10-33(43)44/h6-8,11-19,30-31,34,41H,2-5,9-10,20-23H2,1H3,(H,36,42)(H,43,44)/t30-,31+,34+/m1/s1. The molecule has 248 valence electrons. The lowest BCUT2D eigenvalue weighted by Gasteiger charge is -2.36. The first-order valence-electron chi connectivity index (χ1n) is 15.9. The summed E-state index contributed by atoms with van der Waals surface area (Å²) in [5, 5.41) is 33.7. The van der Waals surface area contributed by atoms with Crippen LogP contribution >= 0.6 is 11.8 Å². The Morgan fingerprint density at radius 1 is 0.915 bits per heavy atom. The molecule has 1 aromatic heterocycles. The van der Waals surface area contributed by atoms with Crippen LogP contribution in [0.2, 0.25) is 0 Å². The van der Waals surface area contributed by atoms with Gasteiger partial charge in [-0.15, -0.1) is 5.10 Å². The van der Waals surface area contributed by atoms with Crippen molar-refractivity contribution >= 4 is 23.6 Å². The molecule has 0 spiro atoms. The van der Waals surface area contributed by atoms with Crippen LogP contribution in [0, 0.1) is 0 Å². The highest BCUT2D eigenvalue weighted by atomic mass is 32.2. The number of aliphatic hydroxyl groups is 1. The topological polar surface area (TPSA) is 149 Å². The van der Waals surface area contributed by atoms with Crippen molar-refractivity contribution in [1.29, 1.82) is 0 Å². The van der Waals surface area contributed by atoms with Gasteiger partial charge in [-0.2, -0.15) is 0 Å². The molecule has 4 aromatic rings. The quantitative estimate of drug-likeness (QED) is 0.100. The Labute approximate surface area is 278 Å². The highest BCUT2D eigenvalue weighted by Crippen LogP contribution is 2.39. The number of tetrazole rings is 1. The molecule has 0 bridgehead atoms. The van der Waals surface area contributed by atoms with Crippen LogP contribution in [0.25, 0.3) is 11.1 Å². The van der Waals surface area contributed by atoms with Gasteiger partial charge in [0, 0.05) is 44.2 Å². The number of rotatable bonds is 16. The van der Waals surface area contributed by atoms with Gasteiger partial charge in [-0.05, 0) is 57.2 Å². The van der Waals surface area contributed by atoms with Gasteiger partial charge in [-0.1, -0.05) is 91.3 Å². The fourth-order valence-electron chi connectivity index (χ4n) is 5.43. The second kappa shape index (κ2) is 17.2. The zero-order valence-electron chi connectivity index (χ0n) is 26.5. The normalized spacial score (nSPS) is 17.8. The van der Waals surface area contributed by atoms with E-state index in [1.165, 1.54) is 0 Å². The van der Waals surface area contributed by atoms with Gasteiger partial charge in [-0.3, -0.25) is 9.59 Å². The van der Waals surface area contributed by atoms with E-state index in [0.29, 0.717) is 31.6 Å². The van der Waals surface area contributed by atoms with Crippen LogP contribution in [-0.4, -0.2) is 54.2 Å². The molecule has 1 amide bonds. The fraction of sp³-hybridized carbons (Fsp3) is 0.400. The third-order valence-corrected chi connectivity index (χ3v) is 9.21. The van der Waals surface area contributed by atoms with Gasteiger partial charge in [-0.25, -0.2) is 4.68 Å². The lowest BCUT2D eigenvalue weighted by molar-refractivity contribution is -0.245. The van der Waals surface area contributed by atoms with E-state index >= 15 is 0 Å². The molecule has 2 heterocycles. The molecule has 1 fully saturated rings. The maximum absolute atomic E-state index is 12.3. The molecule has 0 radical (unpaired) electrons. The monoisotopic (exact) mass is 659 g/mol. The number of aliphatic hydroxyl groups excluding tert-OH is 1. The van der Waals surface area contributed by atoms with Crippen LogP contribution in [0.3, 0.4) is 0 Å². The number of thioether (sulfide) groups is 1. The molecule has 3 aromatic carbocycles. The first kappa shape index (κ1) is 34.2. The number of carboxylic acids is 1. The summed E-state index contributed by atoms with van der Waals surface area (Å²) in [7, 11) is 1.81. The summed E-state index contributed by atoms with van der Waals surface area (Å²) in [5.74, 6) is -0.118. The smallest absolute Gasteiger partial charge is 0.303 e. The number of carbonyl (C=O) groups is 2. The molecule has 11 nitrogen and oxygen atoms in total. The van der Waals surface area contributed by atoms with Crippen LogP contribution in [0.5, 0.6) is 0 Å². The van der Waals surface area contributed by atoms with Crippen molar-refractivity contribution in [1.82, 2.24) is 25.5 Å². The number of aromatic nitrogens is 4. The molecule has 3 atom stereocenters. The summed E-state index contributed by atoms with van der Waals surface area (Å²) < 4.78 is 14.6. The molecular formula is C35H41N5O6S. The zero-order chi connectivity index (χ0) is 33.0. The number of nitrogens with one attached hydrogen (secondary N) is 1. The minimum atomic E-state index is -0.777. The van der Waals surface area contributed by atoms with Crippen LogP contribution in [0.1, 0.15) is 79.6 Å². The minimum absolute atomic E-state index is 0.00179. The molecule has 0 aliphatic carbocycles. The van der Waals surface area contributed by atoms with E-state index in [0.717, 1.165) is 57.8 Å². The van der Waals surface area contributed by atoms with Gasteiger partial charge in [0.05, 0.1) is 18.8 Å². The Morgan fingerprint density at radius 2 is 1.66 bits per heavy atom. The number of carbonyl (C=O) groups excluding carboxylic acids is 1. The molecule has 12 heteroatoms. The Hall–Kier alpha value is -4.10. The Balaban J connectivity index is 1.20. The van der Waals surface area contributed by atoms with Crippen LogP contribution < -0.4 is 5.32 Å². The number of unbranched alkanes of at least 4 members (excludes halogenated alkanes) is 3. The van der Waals surface area contributed by atoms with Crippen molar-refractivity contribution in [2.75, 3.05) is 5.75 Å². The second-order valence-electron chi connectivity index (χ2n) is 11.7. The van der Waals surface area contributed by atoms with Gasteiger partial charge in [0.15, 0.2) is 6.29 Å². The molecule has 1 saturated heterocycles. The van der Waals surface area contributed by atoms with Crippen LogP contribution in [0.4, 0.5) is 0 Å². The summed E-state index contributed by atoms with van der Waals surface area (Å²) in [4.78, 5) is 22.9. The minimum Gasteiger partial charge on any atom is -0.481 e. The molecule has 0 unspecified atom stereocenters. The second-order valence-corrected chi connectivity index (χ2v) is 12.6. The SMILES string of the molecule is Cn1nnnc1SC[C@H]1C[C@@H](c2ccc(CO)cc2)O[C@@H](c2ccc(-c3cccc(CNC(=O)CCCCCCC(=O)O)c3)cc2)O1. The summed E-state index contributed by atoms with van der Waals surface area (Å²) in [5.41, 5.74) is 5.88. The number of benzene rings is 3. The van der Waals surface area contributed by atoms with Crippen molar-refractivity contribution < 1.29 is 29.3 Å². The molecular weight excluding hydrogens is 618 g/mol. The zero-order valence-corrected chi connectivity index (χ0v) is 27.3. The number of hydrogen-bond donors (Lipinski definition) is 3. The molecule has 5 rings (SSSR count). The van der Waals surface area contributed by atoms with E-state index in [-0.39, 0.29) is 31.1 Å². The Morgan fingerprint density at radius 3 is 2.36 bits per heavy atom. The summed E-state index contributed by atoms with van der Waals surface area (Å²) >= 11 is 1.54. The average molecular weight is 660 g/mol. The third-order valence-electron chi connectivity index (χ3n) is 8.07. The summed E-state index contributed by atoms with van der Waals surface area (Å²) in [6.07, 6.45) is 3.49. The summed E-state index contributed by atoms with van der Waals surface area (Å²) in [6, 6.07) is 24.1. The number of aliphatic carboxylic acids is 1. The predicted molar refractivity (Wildman–Crippen MR) is 177 cm³/mol. The third kappa shape index (κ3) is 10.2. The molecule has 1 aliphatic heterocycles. The number of ether oxygens (including phenoxy) is 2. The largest absolute Gasteiger partial charge is 0.481 e. The first-order valence-corrected chi connectivity index (χ1v) is 16.9. The Kier molecular flexibility index (Phi) is 12.5. The van der Waals surface area contributed by atoms with Crippen molar-refractivity contribution in [3.8, 4) is 11.1 Å². The van der Waals surface area contributed by atoms with Crippen molar-refractivity contribution in [2.24, 2.45) is 7.05 Å². The molecule has 3 N–H and O–H groups in total. The van der Waals surface area contributed by atoms with Crippen molar-refractivity contribution in [2.45, 2.75) is 81.8 Å². The first-order chi connectivity index (χ1) is 22.9. The van der Waals surface area contributed by atoms with E-state index in [9.17, 15) is 14.7 Å². The van der Waals surface area contributed by atoms with E-state index in [1.807, 2.05) is 61.6 Å². The average Bonchev–Trinajstić information content (AvgIpc) is 3.52. The van der Waals surface area contributed by atoms with Gasteiger partial charge in [0.2, 0.25) is 11.1 Å². The highest BCUT2D eigenvalue weighted by molar-refractivity contribution is 7.99. The van der Waals surface area contributed by atoms with Gasteiger partial charge in [0.25, 0.3) is 0 Å². The number of hydrogen-bond acceptors (Lipinski definition) is 9. The maximum Gasteiger partial charge on any atom is 0.303 e. The van der Waals surface area contributed by atoms with Crippen molar-refractivity contribution in [3.05, 3.63) is 95.1 Å². The lowest BCUT2D eigenvalue weighted by atomic mass is 9.99. The molecule has 47 heavy (non-hydrogen) atoms. The number of carboxylic acid groups (broad SMARTS) is 1. The number of amides is 1. The molecule has 1 aliphatic rings. The molecule has 0 saturated carbocycles. The van der Waals surface area contributed by atoms with E-state index in [1.54, 1.807) is 16.4 Å². The maximum atomic E-state index is 12.3. The number of nitrogens with zero attached hydrogens (tertiary/aromatic N) is 4. The van der Waals surface area contributed by atoms with E-state index in [4.69, 9.17) is 14.6 Å². The highest BCUT2D eigenvalue weighted by Gasteiger charge is 2.32. The lowest BCUT2D eigenvalue weighted by Crippen LogP contribution is -2.31.